The Morgan fingerprint density at radius 1 is 1.28 bits per heavy atom. The molecule has 10 heteroatoms. The summed E-state index contributed by atoms with van der Waals surface area (Å²) >= 11 is 0. The van der Waals surface area contributed by atoms with Gasteiger partial charge in [-0.3, -0.25) is 9.59 Å². The normalized spacial score (nSPS) is 22.6. The molecule has 2 fully saturated rings. The number of halogens is 3. The van der Waals surface area contributed by atoms with Gasteiger partial charge in [-0.1, -0.05) is 0 Å². The van der Waals surface area contributed by atoms with Crippen LogP contribution in [0.15, 0.2) is 23.0 Å². The molecule has 7 nitrogen and oxygen atoms in total. The van der Waals surface area contributed by atoms with Crippen molar-refractivity contribution < 1.29 is 23.1 Å². The van der Waals surface area contributed by atoms with Crippen LogP contribution in [0.2, 0.25) is 0 Å². The number of benzene rings is 1. The first-order chi connectivity index (χ1) is 13.7. The number of amides is 1. The van der Waals surface area contributed by atoms with Crippen molar-refractivity contribution in [2.75, 3.05) is 13.1 Å². The molecule has 0 unspecified atom stereocenters. The van der Waals surface area contributed by atoms with Gasteiger partial charge in [-0.25, -0.2) is 4.68 Å². The molecule has 0 bridgehead atoms. The smallest absolute Gasteiger partial charge is 0.391 e. The number of hydrogen-bond donors (Lipinski definition) is 3. The quantitative estimate of drug-likeness (QED) is 0.702. The number of alkyl halides is 3. The van der Waals surface area contributed by atoms with E-state index in [4.69, 9.17) is 0 Å². The van der Waals surface area contributed by atoms with Gasteiger partial charge >= 0.3 is 6.18 Å². The number of carbonyl (C=O) groups excluding carboxylic acids is 1. The third kappa shape index (κ3) is 4.13. The molecule has 0 spiro atoms. The summed E-state index contributed by atoms with van der Waals surface area (Å²) in [4.78, 5) is 25.2. The Kier molecular flexibility index (Phi) is 5.07. The lowest BCUT2D eigenvalue weighted by molar-refractivity contribution is -0.137. The van der Waals surface area contributed by atoms with E-state index in [0.29, 0.717) is 25.2 Å². The van der Waals surface area contributed by atoms with E-state index < -0.39 is 35.4 Å². The predicted octanol–water partition coefficient (Wildman–Crippen LogP) is 1.13. The van der Waals surface area contributed by atoms with Gasteiger partial charge in [-0.05, 0) is 44.0 Å². The summed E-state index contributed by atoms with van der Waals surface area (Å²) in [5, 5.41) is 20.3. The van der Waals surface area contributed by atoms with Crippen molar-refractivity contribution in [1.29, 1.82) is 0 Å². The lowest BCUT2D eigenvalue weighted by Crippen LogP contribution is -2.54. The summed E-state index contributed by atoms with van der Waals surface area (Å²) in [5.41, 5.74) is -1.03. The largest absolute Gasteiger partial charge is 0.416 e. The molecule has 2 atom stereocenters. The second kappa shape index (κ2) is 7.42. The molecule has 1 amide bonds. The Bertz CT molecular complexity index is 1000. The van der Waals surface area contributed by atoms with Crippen LogP contribution in [0.3, 0.4) is 0 Å². The van der Waals surface area contributed by atoms with E-state index in [-0.39, 0.29) is 23.2 Å². The fourth-order valence-electron chi connectivity index (χ4n) is 3.63. The fraction of sp³-hybridized carbons (Fsp3) is 0.526. The lowest BCUT2D eigenvalue weighted by atomic mass is 10.0. The zero-order valence-corrected chi connectivity index (χ0v) is 15.5. The highest BCUT2D eigenvalue weighted by molar-refractivity contribution is 5.85. The van der Waals surface area contributed by atoms with Crippen LogP contribution in [0.4, 0.5) is 13.2 Å². The monoisotopic (exact) mass is 410 g/mol. The molecule has 1 saturated carbocycles. The molecule has 1 aromatic heterocycles. The van der Waals surface area contributed by atoms with Gasteiger partial charge in [0.1, 0.15) is 6.54 Å². The first-order valence-electron chi connectivity index (χ1n) is 9.54. The van der Waals surface area contributed by atoms with Crippen molar-refractivity contribution >= 4 is 16.7 Å². The molecule has 2 aromatic rings. The molecule has 2 aliphatic rings. The zero-order valence-electron chi connectivity index (χ0n) is 15.5. The molecule has 2 heterocycles. The maximum absolute atomic E-state index is 13.1. The van der Waals surface area contributed by atoms with Crippen molar-refractivity contribution in [2.45, 2.75) is 50.0 Å². The number of fused-ring (bicyclic) bond motifs is 1. The van der Waals surface area contributed by atoms with E-state index in [2.05, 4.69) is 15.7 Å². The van der Waals surface area contributed by atoms with Gasteiger partial charge in [0.25, 0.3) is 5.56 Å². The number of aromatic nitrogens is 2. The molecule has 156 valence electrons. The van der Waals surface area contributed by atoms with Crippen LogP contribution < -0.4 is 16.2 Å². The molecular formula is C19H21F3N4O3. The third-order valence-corrected chi connectivity index (χ3v) is 5.37. The number of nitrogens with one attached hydrogen (secondary N) is 2. The average molecular weight is 410 g/mol. The third-order valence-electron chi connectivity index (χ3n) is 5.37. The highest BCUT2D eigenvalue weighted by atomic mass is 19.4. The Morgan fingerprint density at radius 3 is 2.69 bits per heavy atom. The van der Waals surface area contributed by atoms with Crippen LogP contribution in [0.5, 0.6) is 0 Å². The molecule has 0 radical (unpaired) electrons. The second-order valence-electron chi connectivity index (χ2n) is 7.61. The minimum absolute atomic E-state index is 0.0136. The molecular weight excluding hydrogens is 389 g/mol. The standard InChI is InChI=1S/C19H21F3N4O3/c20-19(21,22)11-3-4-12-13(7-11)17(10-1-2-10)25-26(18(12)29)9-16(28)24-14-8-23-6-5-15(14)27/h3-4,7,10,14-15,23,27H,1-2,5-6,8-9H2,(H,24,28)/t14-,15+/m0/s1. The van der Waals surface area contributed by atoms with E-state index >= 15 is 0 Å². The van der Waals surface area contributed by atoms with E-state index in [1.54, 1.807) is 0 Å². The van der Waals surface area contributed by atoms with Crippen LogP contribution in [0, 0.1) is 0 Å². The Balaban J connectivity index is 1.65. The molecule has 29 heavy (non-hydrogen) atoms. The number of rotatable bonds is 4. The van der Waals surface area contributed by atoms with Crippen molar-refractivity contribution in [3.8, 4) is 0 Å². The number of aliphatic hydroxyl groups excluding tert-OH is 1. The summed E-state index contributed by atoms with van der Waals surface area (Å²) < 4.78 is 40.3. The average Bonchev–Trinajstić information content (AvgIpc) is 3.50. The second-order valence-corrected chi connectivity index (χ2v) is 7.61. The van der Waals surface area contributed by atoms with Crippen LogP contribution in [-0.4, -0.2) is 46.0 Å². The van der Waals surface area contributed by atoms with E-state index in [9.17, 15) is 27.9 Å². The van der Waals surface area contributed by atoms with Crippen molar-refractivity contribution in [3.05, 3.63) is 39.8 Å². The van der Waals surface area contributed by atoms with Gasteiger partial charge in [-0.2, -0.15) is 18.3 Å². The summed E-state index contributed by atoms with van der Waals surface area (Å²) in [7, 11) is 0. The van der Waals surface area contributed by atoms with Crippen molar-refractivity contribution in [3.63, 3.8) is 0 Å². The number of piperidine rings is 1. The minimum atomic E-state index is -4.52. The Morgan fingerprint density at radius 2 is 2.03 bits per heavy atom. The fourth-order valence-corrected chi connectivity index (χ4v) is 3.63. The van der Waals surface area contributed by atoms with E-state index in [0.717, 1.165) is 35.7 Å². The maximum Gasteiger partial charge on any atom is 0.416 e. The lowest BCUT2D eigenvalue weighted by Gasteiger charge is -2.29. The molecule has 4 rings (SSSR count). The molecule has 1 saturated heterocycles. The van der Waals surface area contributed by atoms with Crippen molar-refractivity contribution in [1.82, 2.24) is 20.4 Å². The SMILES string of the molecule is O=C(Cn1nc(C2CC2)c2cc(C(F)(F)F)ccc2c1=O)N[C@H]1CNCC[C@H]1O. The summed E-state index contributed by atoms with van der Waals surface area (Å²) in [6.45, 7) is 0.711. The van der Waals surface area contributed by atoms with Crippen LogP contribution >= 0.6 is 0 Å². The first kappa shape index (κ1) is 19.8. The van der Waals surface area contributed by atoms with Gasteiger partial charge in [0, 0.05) is 17.8 Å². The number of hydrogen-bond acceptors (Lipinski definition) is 5. The van der Waals surface area contributed by atoms with Gasteiger partial charge in [0.2, 0.25) is 5.91 Å². The number of aliphatic hydroxyl groups is 1. The van der Waals surface area contributed by atoms with E-state index in [1.165, 1.54) is 0 Å². The zero-order chi connectivity index (χ0) is 20.8. The topological polar surface area (TPSA) is 96.2 Å². The summed E-state index contributed by atoms with van der Waals surface area (Å²) in [6, 6.07) is 2.52. The van der Waals surface area contributed by atoms with Gasteiger partial charge in [0.05, 0.1) is 28.8 Å². The Hall–Kier alpha value is -2.46. The van der Waals surface area contributed by atoms with Crippen molar-refractivity contribution in [2.24, 2.45) is 0 Å². The van der Waals surface area contributed by atoms with Gasteiger partial charge in [0.15, 0.2) is 0 Å². The van der Waals surface area contributed by atoms with Gasteiger partial charge < -0.3 is 15.7 Å². The minimum Gasteiger partial charge on any atom is -0.391 e. The predicted molar refractivity (Wildman–Crippen MR) is 98.4 cm³/mol. The highest BCUT2D eigenvalue weighted by Gasteiger charge is 2.33. The van der Waals surface area contributed by atoms with Gasteiger partial charge in [-0.15, -0.1) is 0 Å². The highest BCUT2D eigenvalue weighted by Crippen LogP contribution is 2.42. The number of nitrogens with zero attached hydrogens (tertiary/aromatic N) is 2. The van der Waals surface area contributed by atoms with Crippen LogP contribution in [0.1, 0.15) is 36.4 Å². The Labute approximate surface area is 163 Å². The van der Waals surface area contributed by atoms with Crippen LogP contribution in [-0.2, 0) is 17.5 Å². The maximum atomic E-state index is 13.1. The van der Waals surface area contributed by atoms with Crippen LogP contribution in [0.25, 0.3) is 10.8 Å². The number of carbonyl (C=O) groups is 1. The molecule has 1 aliphatic carbocycles. The summed E-state index contributed by atoms with van der Waals surface area (Å²) in [5.74, 6) is -0.499. The summed E-state index contributed by atoms with van der Waals surface area (Å²) in [6.07, 6.45) is -3.12. The van der Waals surface area contributed by atoms with E-state index in [1.807, 2.05) is 0 Å². The first-order valence-corrected chi connectivity index (χ1v) is 9.54. The molecule has 1 aliphatic heterocycles. The molecule has 1 aromatic carbocycles. The molecule has 3 N–H and O–H groups in total.